The van der Waals surface area contributed by atoms with E-state index < -0.39 is 4.92 Å². The van der Waals surface area contributed by atoms with Crippen molar-refractivity contribution in [3.8, 4) is 0 Å². The van der Waals surface area contributed by atoms with Crippen molar-refractivity contribution in [3.05, 3.63) is 45.6 Å². The van der Waals surface area contributed by atoms with Crippen LogP contribution >= 0.6 is 11.6 Å². The fourth-order valence-electron chi connectivity index (χ4n) is 3.31. The molecule has 2 aromatic rings. The molecule has 9 heteroatoms. The third kappa shape index (κ3) is 5.27. The summed E-state index contributed by atoms with van der Waals surface area (Å²) in [5, 5.41) is 18.0. The van der Waals surface area contributed by atoms with E-state index in [0.29, 0.717) is 29.1 Å². The van der Waals surface area contributed by atoms with Gasteiger partial charge < -0.3 is 16.4 Å². The molecule has 0 spiro atoms. The summed E-state index contributed by atoms with van der Waals surface area (Å²) in [5.74, 6) is 1.56. The van der Waals surface area contributed by atoms with Crippen LogP contribution in [0.3, 0.4) is 0 Å². The molecule has 1 saturated carbocycles. The zero-order chi connectivity index (χ0) is 19.2. The van der Waals surface area contributed by atoms with Crippen LogP contribution in [-0.4, -0.2) is 28.0 Å². The number of halogens is 1. The molecule has 1 heterocycles. The highest BCUT2D eigenvalue weighted by Gasteiger charge is 2.22. The van der Waals surface area contributed by atoms with E-state index >= 15 is 0 Å². The number of anilines is 3. The Labute approximate surface area is 162 Å². The second-order valence-electron chi connectivity index (χ2n) is 6.82. The van der Waals surface area contributed by atoms with E-state index in [1.807, 2.05) is 6.07 Å². The number of hydrogen-bond acceptors (Lipinski definition) is 7. The van der Waals surface area contributed by atoms with Gasteiger partial charge in [0.05, 0.1) is 4.92 Å². The van der Waals surface area contributed by atoms with E-state index in [2.05, 4.69) is 20.6 Å². The average molecular weight is 391 g/mol. The molecule has 1 fully saturated rings. The summed E-state index contributed by atoms with van der Waals surface area (Å²) in [7, 11) is 0. The van der Waals surface area contributed by atoms with Gasteiger partial charge in [-0.05, 0) is 62.3 Å². The molecule has 4 N–H and O–H groups in total. The average Bonchev–Trinajstić information content (AvgIpc) is 2.66. The van der Waals surface area contributed by atoms with E-state index in [0.717, 1.165) is 32.2 Å². The number of rotatable bonds is 7. The number of nitrogens with two attached hydrogens (primary N) is 1. The van der Waals surface area contributed by atoms with E-state index in [-0.39, 0.29) is 17.5 Å². The summed E-state index contributed by atoms with van der Waals surface area (Å²) in [6.07, 6.45) is 5.57. The van der Waals surface area contributed by atoms with Crippen LogP contribution in [0.25, 0.3) is 0 Å². The van der Waals surface area contributed by atoms with Gasteiger partial charge in [0.25, 0.3) is 0 Å². The minimum absolute atomic E-state index is 0.137. The summed E-state index contributed by atoms with van der Waals surface area (Å²) >= 11 is 5.98. The van der Waals surface area contributed by atoms with Gasteiger partial charge in [-0.1, -0.05) is 17.7 Å². The third-order valence-corrected chi connectivity index (χ3v) is 5.14. The fraction of sp³-hybridized carbons (Fsp3) is 0.444. The number of nitrogens with zero attached hydrogens (tertiary/aromatic N) is 3. The largest absolute Gasteiger partial charge is 0.364 e. The Morgan fingerprint density at radius 3 is 2.67 bits per heavy atom. The molecule has 0 radical (unpaired) electrons. The van der Waals surface area contributed by atoms with Crippen LogP contribution in [0.4, 0.5) is 23.1 Å². The Hall–Kier alpha value is -2.45. The first-order valence-corrected chi connectivity index (χ1v) is 9.41. The Kier molecular flexibility index (Phi) is 6.41. The van der Waals surface area contributed by atoms with E-state index in [4.69, 9.17) is 17.3 Å². The van der Waals surface area contributed by atoms with Crippen LogP contribution < -0.4 is 16.4 Å². The van der Waals surface area contributed by atoms with E-state index in [1.165, 1.54) is 6.20 Å². The molecule has 0 saturated heterocycles. The van der Waals surface area contributed by atoms with Gasteiger partial charge in [0, 0.05) is 17.3 Å². The molecule has 0 unspecified atom stereocenters. The highest BCUT2D eigenvalue weighted by molar-refractivity contribution is 6.30. The van der Waals surface area contributed by atoms with E-state index in [1.54, 1.807) is 18.2 Å². The number of hydrogen-bond donors (Lipinski definition) is 3. The molecule has 0 amide bonds. The number of nitro groups is 1. The fourth-order valence-corrected chi connectivity index (χ4v) is 3.50. The van der Waals surface area contributed by atoms with Crippen molar-refractivity contribution in [1.82, 2.24) is 9.97 Å². The van der Waals surface area contributed by atoms with Gasteiger partial charge in [0.15, 0.2) is 0 Å². The van der Waals surface area contributed by atoms with Gasteiger partial charge in [-0.25, -0.2) is 4.98 Å². The van der Waals surface area contributed by atoms with Crippen molar-refractivity contribution in [2.75, 3.05) is 23.7 Å². The summed E-state index contributed by atoms with van der Waals surface area (Å²) < 4.78 is 0. The number of nitrogens with one attached hydrogen (secondary N) is 2. The van der Waals surface area contributed by atoms with Gasteiger partial charge in [-0.3, -0.25) is 10.1 Å². The minimum Gasteiger partial charge on any atom is -0.364 e. The molecule has 144 valence electrons. The Balaban J connectivity index is 1.69. The first kappa shape index (κ1) is 19.3. The Morgan fingerprint density at radius 1 is 1.26 bits per heavy atom. The topological polar surface area (TPSA) is 119 Å². The van der Waals surface area contributed by atoms with Gasteiger partial charge in [0.2, 0.25) is 11.8 Å². The third-order valence-electron chi connectivity index (χ3n) is 4.90. The van der Waals surface area contributed by atoms with Crippen molar-refractivity contribution in [1.29, 1.82) is 0 Å². The highest BCUT2D eigenvalue weighted by Crippen LogP contribution is 2.30. The zero-order valence-electron chi connectivity index (χ0n) is 14.9. The van der Waals surface area contributed by atoms with Crippen molar-refractivity contribution in [2.24, 2.45) is 17.6 Å². The van der Waals surface area contributed by atoms with Gasteiger partial charge in [0.1, 0.15) is 6.20 Å². The predicted molar refractivity (Wildman–Crippen MR) is 106 cm³/mol. The quantitative estimate of drug-likeness (QED) is 0.483. The summed E-state index contributed by atoms with van der Waals surface area (Å²) in [4.78, 5) is 19.2. The molecule has 0 aliphatic heterocycles. The maximum Gasteiger partial charge on any atom is 0.329 e. The Morgan fingerprint density at radius 2 is 2.00 bits per heavy atom. The number of benzene rings is 1. The molecular weight excluding hydrogens is 368 g/mol. The molecular formula is C18H23ClN6O2. The lowest BCUT2D eigenvalue weighted by molar-refractivity contribution is -0.384. The van der Waals surface area contributed by atoms with E-state index in [9.17, 15) is 10.1 Å². The lowest BCUT2D eigenvalue weighted by Gasteiger charge is -2.27. The first-order valence-electron chi connectivity index (χ1n) is 9.03. The SMILES string of the molecule is NCC1CCC(CNc2nc(Nc3cccc(Cl)c3)ncc2[N+](=O)[O-])CC1. The first-order chi connectivity index (χ1) is 13.0. The smallest absolute Gasteiger partial charge is 0.329 e. The van der Waals surface area contributed by atoms with Crippen LogP contribution in [0.1, 0.15) is 25.7 Å². The van der Waals surface area contributed by atoms with Crippen LogP contribution in [0, 0.1) is 22.0 Å². The molecule has 3 rings (SSSR count). The highest BCUT2D eigenvalue weighted by atomic mass is 35.5. The standard InChI is InChI=1S/C18H23ClN6O2/c19-14-2-1-3-15(8-14)23-18-22-11-16(25(26)27)17(24-18)21-10-13-6-4-12(9-20)5-7-13/h1-3,8,11-13H,4-7,9-10,20H2,(H2,21,22,23,24). The molecule has 0 bridgehead atoms. The van der Waals surface area contributed by atoms with Crippen LogP contribution in [0.5, 0.6) is 0 Å². The molecule has 27 heavy (non-hydrogen) atoms. The van der Waals surface area contributed by atoms with Crippen LogP contribution in [-0.2, 0) is 0 Å². The summed E-state index contributed by atoms with van der Waals surface area (Å²) in [6, 6.07) is 7.11. The lowest BCUT2D eigenvalue weighted by atomic mass is 9.82. The maximum atomic E-state index is 11.3. The molecule has 8 nitrogen and oxygen atoms in total. The van der Waals surface area contributed by atoms with Crippen molar-refractivity contribution in [3.63, 3.8) is 0 Å². The maximum absolute atomic E-state index is 11.3. The second-order valence-corrected chi connectivity index (χ2v) is 7.26. The molecule has 0 atom stereocenters. The zero-order valence-corrected chi connectivity index (χ0v) is 15.7. The summed E-state index contributed by atoms with van der Waals surface area (Å²) in [6.45, 7) is 1.38. The normalized spacial score (nSPS) is 19.5. The molecule has 1 aromatic heterocycles. The summed E-state index contributed by atoms with van der Waals surface area (Å²) in [5.41, 5.74) is 6.31. The molecule has 1 aliphatic rings. The lowest BCUT2D eigenvalue weighted by Crippen LogP contribution is -2.25. The van der Waals surface area contributed by atoms with Gasteiger partial charge in [-0.15, -0.1) is 0 Å². The predicted octanol–water partition coefficient (Wildman–Crippen LogP) is 3.96. The van der Waals surface area contributed by atoms with Crippen molar-refractivity contribution in [2.45, 2.75) is 25.7 Å². The minimum atomic E-state index is -0.475. The second kappa shape index (κ2) is 8.96. The molecule has 1 aromatic carbocycles. The van der Waals surface area contributed by atoms with Crippen molar-refractivity contribution < 1.29 is 4.92 Å². The van der Waals surface area contributed by atoms with Gasteiger partial charge >= 0.3 is 5.69 Å². The van der Waals surface area contributed by atoms with Crippen LogP contribution in [0.15, 0.2) is 30.5 Å². The molecule has 1 aliphatic carbocycles. The monoisotopic (exact) mass is 390 g/mol. The van der Waals surface area contributed by atoms with Crippen molar-refractivity contribution >= 4 is 34.7 Å². The van der Waals surface area contributed by atoms with Crippen LogP contribution in [0.2, 0.25) is 5.02 Å². The number of aromatic nitrogens is 2. The van der Waals surface area contributed by atoms with Gasteiger partial charge in [-0.2, -0.15) is 4.98 Å². The Bertz CT molecular complexity index is 795.